The van der Waals surface area contributed by atoms with Crippen LogP contribution < -0.4 is 4.90 Å². The van der Waals surface area contributed by atoms with Crippen molar-refractivity contribution in [1.82, 2.24) is 9.88 Å². The molecule has 2 aliphatic heterocycles. The summed E-state index contributed by atoms with van der Waals surface area (Å²) in [6, 6.07) is 5.87. The Hall–Kier alpha value is -2.74. The lowest BCUT2D eigenvalue weighted by Gasteiger charge is -2.46. The van der Waals surface area contributed by atoms with Crippen molar-refractivity contribution in [3.05, 3.63) is 47.9 Å². The smallest absolute Gasteiger partial charge is 0.275 e. The fourth-order valence-electron chi connectivity index (χ4n) is 3.61. The molecule has 2 aliphatic rings. The molecule has 2 fully saturated rings. The van der Waals surface area contributed by atoms with Gasteiger partial charge in [-0.15, -0.1) is 0 Å². The number of amides is 2. The normalized spacial score (nSPS) is 19.6. The number of anilines is 1. The van der Waals surface area contributed by atoms with E-state index in [1.807, 2.05) is 0 Å². The second kappa shape index (κ2) is 6.77. The van der Waals surface area contributed by atoms with Gasteiger partial charge < -0.3 is 19.0 Å². The number of carbonyl (C=O) groups excluding carboxylic acids is 2. The Balaban J connectivity index is 1.45. The molecule has 0 unspecified atom stereocenters. The van der Waals surface area contributed by atoms with Gasteiger partial charge in [0.05, 0.1) is 12.1 Å². The summed E-state index contributed by atoms with van der Waals surface area (Å²) in [4.78, 5) is 32.3. The number of rotatable bonds is 2. The zero-order valence-electron chi connectivity index (χ0n) is 15.0. The van der Waals surface area contributed by atoms with E-state index in [4.69, 9.17) is 9.15 Å². The molecule has 0 N–H and O–H groups in total. The Morgan fingerprint density at radius 3 is 2.56 bits per heavy atom. The van der Waals surface area contributed by atoms with Crippen LogP contribution in [0.15, 0.2) is 34.9 Å². The second-order valence-corrected chi connectivity index (χ2v) is 6.97. The molecule has 2 saturated heterocycles. The summed E-state index contributed by atoms with van der Waals surface area (Å²) in [5, 5.41) is 0. The third kappa shape index (κ3) is 3.44. The number of aryl methyl sites for hydroxylation is 1. The number of ether oxygens (including phenoxy) is 1. The first-order valence-electron chi connectivity index (χ1n) is 8.87. The van der Waals surface area contributed by atoms with Crippen LogP contribution in [0.2, 0.25) is 0 Å². The molecule has 1 aromatic heterocycles. The topological polar surface area (TPSA) is 75.9 Å². The van der Waals surface area contributed by atoms with Crippen LogP contribution in [0.4, 0.5) is 10.1 Å². The summed E-state index contributed by atoms with van der Waals surface area (Å²) < 4.78 is 24.2. The summed E-state index contributed by atoms with van der Waals surface area (Å²) in [6.07, 6.45) is 2.59. The third-order valence-electron chi connectivity index (χ3n) is 5.19. The maximum Gasteiger partial charge on any atom is 0.275 e. The zero-order valence-corrected chi connectivity index (χ0v) is 15.0. The largest absolute Gasteiger partial charge is 0.448 e. The predicted octanol–water partition coefficient (Wildman–Crippen LogP) is 2.16. The van der Waals surface area contributed by atoms with Crippen LogP contribution in [-0.2, 0) is 9.53 Å². The van der Waals surface area contributed by atoms with Crippen molar-refractivity contribution in [2.45, 2.75) is 25.4 Å². The van der Waals surface area contributed by atoms with Gasteiger partial charge in [0.1, 0.15) is 18.7 Å². The number of oxazole rings is 1. The molecule has 1 aromatic carbocycles. The van der Waals surface area contributed by atoms with E-state index in [1.54, 1.807) is 28.9 Å². The minimum atomic E-state index is -0.501. The van der Waals surface area contributed by atoms with Crippen LogP contribution in [0.25, 0.3) is 0 Å². The van der Waals surface area contributed by atoms with Gasteiger partial charge in [-0.25, -0.2) is 9.37 Å². The number of halogens is 1. The minimum absolute atomic E-state index is 0.0200. The molecule has 7 nitrogen and oxygen atoms in total. The van der Waals surface area contributed by atoms with Crippen molar-refractivity contribution in [1.29, 1.82) is 0 Å². The Morgan fingerprint density at radius 1 is 1.22 bits per heavy atom. The number of carbonyl (C=O) groups is 2. The first kappa shape index (κ1) is 17.7. The summed E-state index contributed by atoms with van der Waals surface area (Å²) >= 11 is 0. The zero-order chi connectivity index (χ0) is 19.0. The van der Waals surface area contributed by atoms with Crippen LogP contribution in [0.3, 0.4) is 0 Å². The van der Waals surface area contributed by atoms with E-state index in [-0.39, 0.29) is 24.2 Å². The summed E-state index contributed by atoms with van der Waals surface area (Å²) in [5.41, 5.74) is 0.454. The summed E-state index contributed by atoms with van der Waals surface area (Å²) in [7, 11) is 0. The fourth-order valence-corrected chi connectivity index (χ4v) is 3.61. The number of hydrogen-bond donors (Lipinski definition) is 0. The van der Waals surface area contributed by atoms with Gasteiger partial charge in [-0.3, -0.25) is 9.59 Å². The van der Waals surface area contributed by atoms with E-state index in [0.717, 1.165) is 0 Å². The summed E-state index contributed by atoms with van der Waals surface area (Å²) in [6.45, 7) is 3.08. The van der Waals surface area contributed by atoms with Gasteiger partial charge in [-0.1, -0.05) is 0 Å². The monoisotopic (exact) mass is 373 g/mol. The van der Waals surface area contributed by atoms with Gasteiger partial charge in [0.25, 0.3) is 11.8 Å². The number of hydrogen-bond acceptors (Lipinski definition) is 5. The highest BCUT2D eigenvalue weighted by atomic mass is 19.1. The fraction of sp³-hybridized carbons (Fsp3) is 0.421. The number of nitrogens with zero attached hydrogens (tertiary/aromatic N) is 3. The maximum absolute atomic E-state index is 13.2. The van der Waals surface area contributed by atoms with Gasteiger partial charge >= 0.3 is 0 Å². The molecule has 4 rings (SSSR count). The van der Waals surface area contributed by atoms with Gasteiger partial charge in [0, 0.05) is 25.7 Å². The van der Waals surface area contributed by atoms with Crippen LogP contribution in [0, 0.1) is 12.7 Å². The van der Waals surface area contributed by atoms with Gasteiger partial charge in [0.15, 0.2) is 11.6 Å². The van der Waals surface area contributed by atoms with E-state index >= 15 is 0 Å². The highest BCUT2D eigenvalue weighted by molar-refractivity contribution is 5.95. The van der Waals surface area contributed by atoms with Gasteiger partial charge in [-0.05, 0) is 37.1 Å². The Morgan fingerprint density at radius 2 is 1.93 bits per heavy atom. The second-order valence-electron chi connectivity index (χ2n) is 6.97. The number of piperidine rings is 1. The molecule has 1 spiro atoms. The minimum Gasteiger partial charge on any atom is -0.448 e. The number of likely N-dealkylation sites (tertiary alicyclic amines) is 1. The molecule has 2 amide bonds. The molecule has 8 heteroatoms. The lowest BCUT2D eigenvalue weighted by Crippen LogP contribution is -2.59. The van der Waals surface area contributed by atoms with Crippen LogP contribution in [-0.4, -0.2) is 53.5 Å². The van der Waals surface area contributed by atoms with E-state index in [9.17, 15) is 14.0 Å². The first-order valence-corrected chi connectivity index (χ1v) is 8.87. The van der Waals surface area contributed by atoms with E-state index in [0.29, 0.717) is 49.7 Å². The molecular weight excluding hydrogens is 353 g/mol. The van der Waals surface area contributed by atoms with Crippen molar-refractivity contribution in [3.63, 3.8) is 0 Å². The molecule has 0 aliphatic carbocycles. The van der Waals surface area contributed by atoms with Crippen molar-refractivity contribution < 1.29 is 23.1 Å². The lowest BCUT2D eigenvalue weighted by molar-refractivity contribution is -0.143. The average Bonchev–Trinajstić information content (AvgIpc) is 3.11. The first-order chi connectivity index (χ1) is 13.0. The standard InChI is InChI=1S/C19H20FN3O4/c1-13-21-16(10-26-13)18(25)22-8-6-19(7-9-22)12-23(17(24)11-27-19)15-4-2-14(20)3-5-15/h2-5,10H,6-9,11-12H2,1H3. The molecule has 142 valence electrons. The average molecular weight is 373 g/mol. The lowest BCUT2D eigenvalue weighted by atomic mass is 9.89. The number of benzene rings is 1. The van der Waals surface area contributed by atoms with Crippen molar-refractivity contribution in [3.8, 4) is 0 Å². The summed E-state index contributed by atoms with van der Waals surface area (Å²) in [5.74, 6) is -0.201. The molecular formula is C19H20FN3O4. The highest BCUT2D eigenvalue weighted by Gasteiger charge is 2.43. The molecule has 27 heavy (non-hydrogen) atoms. The Labute approximate surface area is 155 Å². The third-order valence-corrected chi connectivity index (χ3v) is 5.19. The number of morpholine rings is 1. The molecule has 3 heterocycles. The SMILES string of the molecule is Cc1nc(C(=O)N2CCC3(CC2)CN(c2ccc(F)cc2)C(=O)CO3)co1. The quantitative estimate of drug-likeness (QED) is 0.806. The molecule has 0 radical (unpaired) electrons. The molecule has 0 bridgehead atoms. The van der Waals surface area contributed by atoms with Gasteiger partial charge in [0.2, 0.25) is 0 Å². The number of aromatic nitrogens is 1. The van der Waals surface area contributed by atoms with Crippen molar-refractivity contribution in [2.75, 3.05) is 31.1 Å². The van der Waals surface area contributed by atoms with Crippen molar-refractivity contribution >= 4 is 17.5 Å². The van der Waals surface area contributed by atoms with Gasteiger partial charge in [-0.2, -0.15) is 0 Å². The van der Waals surface area contributed by atoms with Crippen LogP contribution in [0.5, 0.6) is 0 Å². The Kier molecular flexibility index (Phi) is 4.43. The van der Waals surface area contributed by atoms with E-state index in [1.165, 1.54) is 18.4 Å². The van der Waals surface area contributed by atoms with Crippen molar-refractivity contribution in [2.24, 2.45) is 0 Å². The van der Waals surface area contributed by atoms with E-state index < -0.39 is 5.60 Å². The Bertz CT molecular complexity index is 856. The molecule has 0 saturated carbocycles. The van der Waals surface area contributed by atoms with Crippen LogP contribution >= 0.6 is 0 Å². The molecule has 2 aromatic rings. The predicted molar refractivity (Wildman–Crippen MR) is 93.8 cm³/mol. The highest BCUT2D eigenvalue weighted by Crippen LogP contribution is 2.33. The maximum atomic E-state index is 13.2. The van der Waals surface area contributed by atoms with Crippen LogP contribution in [0.1, 0.15) is 29.2 Å². The van der Waals surface area contributed by atoms with E-state index in [2.05, 4.69) is 4.98 Å². The molecule has 0 atom stereocenters.